The molecule has 0 aliphatic carbocycles. The van der Waals surface area contributed by atoms with Gasteiger partial charge in [-0.25, -0.2) is 4.79 Å². The number of Topliss-reactive ketones (excluding diaryl/α,β-unsaturated/α-hetero) is 1. The Kier molecular flexibility index (Phi) is 6.92. The Bertz CT molecular complexity index is 563. The first kappa shape index (κ1) is 18.3. The number of ether oxygens (including phenoxy) is 3. The van der Waals surface area contributed by atoms with Gasteiger partial charge in [0.1, 0.15) is 0 Å². The van der Waals surface area contributed by atoms with E-state index in [0.29, 0.717) is 5.56 Å². The zero-order valence-corrected chi connectivity index (χ0v) is 13.1. The van der Waals surface area contributed by atoms with E-state index in [4.69, 9.17) is 4.74 Å². The third-order valence-electron chi connectivity index (χ3n) is 3.16. The molecule has 1 rings (SSSR count). The van der Waals surface area contributed by atoms with Crippen LogP contribution in [0.5, 0.6) is 0 Å². The van der Waals surface area contributed by atoms with Crippen molar-refractivity contribution in [2.75, 3.05) is 20.8 Å². The maximum absolute atomic E-state index is 12.4. The van der Waals surface area contributed by atoms with Crippen LogP contribution < -0.4 is 0 Å². The van der Waals surface area contributed by atoms with E-state index in [0.717, 1.165) is 14.2 Å². The quantitative estimate of drug-likeness (QED) is 0.318. The number of ketones is 1. The third kappa shape index (κ3) is 4.38. The van der Waals surface area contributed by atoms with Gasteiger partial charge in [0.15, 0.2) is 5.92 Å². The van der Waals surface area contributed by atoms with Gasteiger partial charge in [0.25, 0.3) is 0 Å². The Hall–Kier alpha value is -2.70. The summed E-state index contributed by atoms with van der Waals surface area (Å²) in [5.74, 6) is -7.05. The van der Waals surface area contributed by atoms with E-state index < -0.39 is 35.5 Å². The highest BCUT2D eigenvalue weighted by Gasteiger charge is 2.44. The lowest BCUT2D eigenvalue weighted by atomic mass is 9.82. The summed E-state index contributed by atoms with van der Waals surface area (Å²) in [5.41, 5.74) is 0.311. The SMILES string of the molecule is CCOC(=O)C(=O)[C@@H](c1ccccc1)C(C(=O)OC)C(=O)OC. The number of hydrogen-bond donors (Lipinski definition) is 0. The third-order valence-corrected chi connectivity index (χ3v) is 3.16. The zero-order valence-electron chi connectivity index (χ0n) is 13.1. The van der Waals surface area contributed by atoms with Crippen LogP contribution in [0.4, 0.5) is 0 Å². The van der Waals surface area contributed by atoms with Crippen molar-refractivity contribution in [3.8, 4) is 0 Å². The molecule has 0 heterocycles. The van der Waals surface area contributed by atoms with Crippen LogP contribution in [0.2, 0.25) is 0 Å². The highest BCUT2D eigenvalue weighted by molar-refractivity contribution is 6.37. The van der Waals surface area contributed by atoms with E-state index in [1.165, 1.54) is 12.1 Å². The van der Waals surface area contributed by atoms with Crippen LogP contribution in [0.15, 0.2) is 30.3 Å². The number of benzene rings is 1. The molecule has 7 heteroatoms. The largest absolute Gasteiger partial charge is 0.468 e. The number of carbonyl (C=O) groups excluding carboxylic acids is 4. The normalized spacial score (nSPS) is 11.5. The molecule has 1 atom stereocenters. The molecule has 0 radical (unpaired) electrons. The first-order valence-corrected chi connectivity index (χ1v) is 6.89. The highest BCUT2D eigenvalue weighted by atomic mass is 16.5. The van der Waals surface area contributed by atoms with Gasteiger partial charge < -0.3 is 14.2 Å². The highest BCUT2D eigenvalue weighted by Crippen LogP contribution is 2.28. The van der Waals surface area contributed by atoms with Crippen molar-refractivity contribution >= 4 is 23.7 Å². The lowest BCUT2D eigenvalue weighted by molar-refractivity contribution is -0.163. The summed E-state index contributed by atoms with van der Waals surface area (Å²) < 4.78 is 13.9. The number of esters is 3. The molecule has 0 saturated carbocycles. The monoisotopic (exact) mass is 322 g/mol. The van der Waals surface area contributed by atoms with Crippen molar-refractivity contribution < 1.29 is 33.4 Å². The standard InChI is InChI=1S/C16H18O7/c1-4-23-16(20)13(17)11(10-8-6-5-7-9-10)12(14(18)21-2)15(19)22-3/h5-9,11-12H,4H2,1-3H3/t11-/m0/s1. The number of rotatable bonds is 7. The Balaban J connectivity index is 3.36. The minimum Gasteiger partial charge on any atom is -0.468 e. The van der Waals surface area contributed by atoms with E-state index >= 15 is 0 Å². The maximum atomic E-state index is 12.4. The molecule has 0 saturated heterocycles. The summed E-state index contributed by atoms with van der Waals surface area (Å²) in [6.45, 7) is 1.54. The van der Waals surface area contributed by atoms with E-state index in [-0.39, 0.29) is 6.61 Å². The molecule has 0 amide bonds. The Morgan fingerprint density at radius 1 is 0.957 bits per heavy atom. The van der Waals surface area contributed by atoms with Gasteiger partial charge in [-0.2, -0.15) is 0 Å². The van der Waals surface area contributed by atoms with Gasteiger partial charge in [0, 0.05) is 0 Å². The zero-order chi connectivity index (χ0) is 17.4. The van der Waals surface area contributed by atoms with Gasteiger partial charge in [-0.15, -0.1) is 0 Å². The first-order valence-electron chi connectivity index (χ1n) is 6.89. The molecule has 0 aromatic heterocycles. The molecular weight excluding hydrogens is 304 g/mol. The second kappa shape index (κ2) is 8.67. The number of methoxy groups -OCH3 is 2. The smallest absolute Gasteiger partial charge is 0.375 e. The maximum Gasteiger partial charge on any atom is 0.375 e. The number of hydrogen-bond acceptors (Lipinski definition) is 7. The average molecular weight is 322 g/mol. The van der Waals surface area contributed by atoms with E-state index in [1.54, 1.807) is 25.1 Å². The van der Waals surface area contributed by atoms with Crippen molar-refractivity contribution in [3.05, 3.63) is 35.9 Å². The van der Waals surface area contributed by atoms with E-state index in [9.17, 15) is 19.2 Å². The first-order chi connectivity index (χ1) is 11.0. The van der Waals surface area contributed by atoms with Crippen molar-refractivity contribution in [1.82, 2.24) is 0 Å². The van der Waals surface area contributed by atoms with Gasteiger partial charge in [-0.3, -0.25) is 14.4 Å². The summed E-state index contributed by atoms with van der Waals surface area (Å²) in [6.07, 6.45) is 0. The molecule has 0 aliphatic rings. The molecule has 23 heavy (non-hydrogen) atoms. The van der Waals surface area contributed by atoms with Crippen LogP contribution in [0, 0.1) is 5.92 Å². The summed E-state index contributed by atoms with van der Waals surface area (Å²) in [6, 6.07) is 7.99. The fourth-order valence-corrected chi connectivity index (χ4v) is 2.11. The van der Waals surface area contributed by atoms with Crippen molar-refractivity contribution in [2.45, 2.75) is 12.8 Å². The average Bonchev–Trinajstić information content (AvgIpc) is 2.58. The van der Waals surface area contributed by atoms with Crippen LogP contribution >= 0.6 is 0 Å². The molecule has 1 aromatic carbocycles. The predicted octanol–water partition coefficient (Wildman–Crippen LogP) is 0.865. The van der Waals surface area contributed by atoms with Gasteiger partial charge >= 0.3 is 17.9 Å². The molecule has 0 bridgehead atoms. The second-order valence-electron chi connectivity index (χ2n) is 4.50. The summed E-state index contributed by atoms with van der Waals surface area (Å²) in [4.78, 5) is 48.2. The minimum absolute atomic E-state index is 0.00675. The molecule has 0 fully saturated rings. The number of carbonyl (C=O) groups is 4. The van der Waals surface area contributed by atoms with Crippen LogP contribution in [-0.2, 0) is 33.4 Å². The minimum atomic E-state index is -1.59. The molecule has 0 spiro atoms. The molecule has 124 valence electrons. The lowest BCUT2D eigenvalue weighted by Crippen LogP contribution is -2.39. The van der Waals surface area contributed by atoms with Crippen molar-refractivity contribution in [2.24, 2.45) is 5.92 Å². The van der Waals surface area contributed by atoms with Crippen molar-refractivity contribution in [3.63, 3.8) is 0 Å². The predicted molar refractivity (Wildman–Crippen MR) is 78.3 cm³/mol. The molecule has 1 aromatic rings. The lowest BCUT2D eigenvalue weighted by Gasteiger charge is -2.21. The van der Waals surface area contributed by atoms with Crippen LogP contribution in [0.3, 0.4) is 0 Å². The van der Waals surface area contributed by atoms with Gasteiger partial charge in [0.2, 0.25) is 5.78 Å². The Labute approximate surface area is 133 Å². The molecule has 0 N–H and O–H groups in total. The van der Waals surface area contributed by atoms with E-state index in [1.807, 2.05) is 0 Å². The van der Waals surface area contributed by atoms with E-state index in [2.05, 4.69) is 9.47 Å². The van der Waals surface area contributed by atoms with Gasteiger partial charge in [-0.1, -0.05) is 30.3 Å². The Morgan fingerprint density at radius 3 is 1.91 bits per heavy atom. The second-order valence-corrected chi connectivity index (χ2v) is 4.50. The van der Waals surface area contributed by atoms with Gasteiger partial charge in [-0.05, 0) is 12.5 Å². The van der Waals surface area contributed by atoms with Crippen LogP contribution in [0.1, 0.15) is 18.4 Å². The summed E-state index contributed by atoms with van der Waals surface area (Å²) in [7, 11) is 2.16. The summed E-state index contributed by atoms with van der Waals surface area (Å²) >= 11 is 0. The van der Waals surface area contributed by atoms with Crippen LogP contribution in [-0.4, -0.2) is 44.5 Å². The summed E-state index contributed by atoms with van der Waals surface area (Å²) in [5, 5.41) is 0. The fourth-order valence-electron chi connectivity index (χ4n) is 2.11. The Morgan fingerprint density at radius 2 is 1.48 bits per heavy atom. The molecular formula is C16H18O7. The fraction of sp³-hybridized carbons (Fsp3) is 0.375. The molecule has 0 aliphatic heterocycles. The van der Waals surface area contributed by atoms with Crippen LogP contribution in [0.25, 0.3) is 0 Å². The van der Waals surface area contributed by atoms with Crippen molar-refractivity contribution in [1.29, 1.82) is 0 Å². The van der Waals surface area contributed by atoms with Gasteiger partial charge in [0.05, 0.1) is 26.7 Å². The topological polar surface area (TPSA) is 96.0 Å². The molecule has 0 unspecified atom stereocenters. The molecule has 7 nitrogen and oxygen atoms in total.